The van der Waals surface area contributed by atoms with Gasteiger partial charge >= 0.3 is 0 Å². The van der Waals surface area contributed by atoms with Crippen LogP contribution in [0.1, 0.15) is 48.6 Å². The molecule has 0 saturated heterocycles. The Labute approximate surface area is 152 Å². The number of rotatable bonds is 7. The predicted molar refractivity (Wildman–Crippen MR) is 103 cm³/mol. The van der Waals surface area contributed by atoms with Gasteiger partial charge in [-0.3, -0.25) is 9.59 Å². The van der Waals surface area contributed by atoms with E-state index in [9.17, 15) is 9.59 Å². The van der Waals surface area contributed by atoms with Gasteiger partial charge in [0.15, 0.2) is 0 Å². The van der Waals surface area contributed by atoms with Gasteiger partial charge in [-0.2, -0.15) is 0 Å². The number of nitrogens with one attached hydrogen (secondary N) is 1. The maximum atomic E-state index is 12.0. The number of aromatic amines is 1. The van der Waals surface area contributed by atoms with Crippen LogP contribution in [-0.4, -0.2) is 10.9 Å². The Hall–Kier alpha value is -2.33. The molecule has 0 spiro atoms. The minimum absolute atomic E-state index is 0.114. The first-order chi connectivity index (χ1) is 11.9. The predicted octanol–water partition coefficient (Wildman–Crippen LogP) is 3.99. The average Bonchev–Trinajstić information content (AvgIpc) is 2.57. The number of halogens is 1. The number of carbonyl (C=O) groups excluding carboxylic acids is 1. The molecular formula is C20H23ClN2O2. The lowest BCUT2D eigenvalue weighted by atomic mass is 9.98. The summed E-state index contributed by atoms with van der Waals surface area (Å²) in [6.45, 7) is 3.82. The van der Waals surface area contributed by atoms with Crippen LogP contribution in [0.5, 0.6) is 0 Å². The number of aryl methyl sites for hydroxylation is 2. The molecule has 0 radical (unpaired) electrons. The summed E-state index contributed by atoms with van der Waals surface area (Å²) < 4.78 is 0. The Balaban J connectivity index is 2.42. The van der Waals surface area contributed by atoms with E-state index < -0.39 is 0 Å². The highest BCUT2D eigenvalue weighted by Gasteiger charge is 2.09. The standard InChI is InChI=1S/C20H23ClN2O2/c1-3-14-9-10-15(12-17(14)21)16(6-4-5-7-19(22)24)18-11-8-13(2)20(25)23-18/h6,8-12H,3-5,7H2,1-2H3,(H2,22,24)(H,23,25)/b16-6+. The molecule has 5 heteroatoms. The second-order valence-corrected chi connectivity index (χ2v) is 6.43. The maximum Gasteiger partial charge on any atom is 0.251 e. The van der Waals surface area contributed by atoms with Crippen molar-refractivity contribution in [3.8, 4) is 0 Å². The van der Waals surface area contributed by atoms with Gasteiger partial charge in [0.25, 0.3) is 5.56 Å². The molecule has 0 saturated carbocycles. The summed E-state index contributed by atoms with van der Waals surface area (Å²) >= 11 is 6.36. The SMILES string of the molecule is CCc1ccc(/C(=C\CCCC(N)=O)c2ccc(C)c(=O)[nH]2)cc1Cl. The van der Waals surface area contributed by atoms with Crippen LogP contribution in [0, 0.1) is 6.92 Å². The average molecular weight is 359 g/mol. The number of carbonyl (C=O) groups is 1. The third kappa shape index (κ3) is 5.07. The number of nitrogens with two attached hydrogens (primary N) is 1. The fourth-order valence-corrected chi connectivity index (χ4v) is 2.93. The molecule has 3 N–H and O–H groups in total. The van der Waals surface area contributed by atoms with Crippen molar-refractivity contribution < 1.29 is 4.79 Å². The highest BCUT2D eigenvalue weighted by atomic mass is 35.5. The molecule has 1 amide bonds. The number of H-pyrrole nitrogens is 1. The van der Waals surface area contributed by atoms with Gasteiger partial charge in [-0.1, -0.05) is 42.8 Å². The highest BCUT2D eigenvalue weighted by Crippen LogP contribution is 2.27. The lowest BCUT2D eigenvalue weighted by Crippen LogP contribution is -2.11. The normalized spacial score (nSPS) is 11.6. The van der Waals surface area contributed by atoms with Gasteiger partial charge in [0.1, 0.15) is 0 Å². The Morgan fingerprint density at radius 3 is 2.64 bits per heavy atom. The smallest absolute Gasteiger partial charge is 0.251 e. The lowest BCUT2D eigenvalue weighted by molar-refractivity contribution is -0.118. The van der Waals surface area contributed by atoms with Crippen LogP contribution in [0.4, 0.5) is 0 Å². The quantitative estimate of drug-likeness (QED) is 0.734. The first-order valence-corrected chi connectivity index (χ1v) is 8.77. The number of allylic oxidation sites excluding steroid dienone is 1. The summed E-state index contributed by atoms with van der Waals surface area (Å²) in [5.41, 5.74) is 9.38. The van der Waals surface area contributed by atoms with Crippen LogP contribution >= 0.6 is 11.6 Å². The van der Waals surface area contributed by atoms with Gasteiger partial charge in [0.2, 0.25) is 5.91 Å². The van der Waals surface area contributed by atoms with Gasteiger partial charge in [0, 0.05) is 28.3 Å². The van der Waals surface area contributed by atoms with Gasteiger partial charge in [0.05, 0.1) is 0 Å². The summed E-state index contributed by atoms with van der Waals surface area (Å²) in [5, 5.41) is 0.706. The molecular weight excluding hydrogens is 336 g/mol. The number of primary amides is 1. The molecule has 25 heavy (non-hydrogen) atoms. The van der Waals surface area contributed by atoms with Gasteiger partial charge in [-0.25, -0.2) is 0 Å². The zero-order valence-electron chi connectivity index (χ0n) is 14.6. The zero-order chi connectivity index (χ0) is 18.4. The van der Waals surface area contributed by atoms with Crippen molar-refractivity contribution >= 4 is 23.1 Å². The molecule has 0 fully saturated rings. The number of benzene rings is 1. The number of aromatic nitrogens is 1. The molecule has 0 atom stereocenters. The summed E-state index contributed by atoms with van der Waals surface area (Å²) in [6.07, 6.45) is 4.56. The number of hydrogen-bond donors (Lipinski definition) is 2. The van der Waals surface area contributed by atoms with Crippen molar-refractivity contribution in [3.05, 3.63) is 74.2 Å². The Kier molecular flexibility index (Phi) is 6.59. The molecule has 0 bridgehead atoms. The summed E-state index contributed by atoms with van der Waals surface area (Å²) in [7, 11) is 0. The van der Waals surface area contributed by atoms with Gasteiger partial charge in [-0.15, -0.1) is 0 Å². The molecule has 1 heterocycles. The number of hydrogen-bond acceptors (Lipinski definition) is 2. The third-order valence-electron chi connectivity index (χ3n) is 4.12. The molecule has 1 aromatic heterocycles. The fourth-order valence-electron chi connectivity index (χ4n) is 2.61. The van der Waals surface area contributed by atoms with Crippen LogP contribution in [0.3, 0.4) is 0 Å². The van der Waals surface area contributed by atoms with E-state index in [1.54, 1.807) is 13.0 Å². The van der Waals surface area contributed by atoms with E-state index >= 15 is 0 Å². The van der Waals surface area contributed by atoms with Crippen LogP contribution < -0.4 is 11.3 Å². The lowest BCUT2D eigenvalue weighted by Gasteiger charge is -2.11. The molecule has 0 aliphatic carbocycles. The van der Waals surface area contributed by atoms with Crippen molar-refractivity contribution in [1.82, 2.24) is 4.98 Å². The third-order valence-corrected chi connectivity index (χ3v) is 4.47. The van der Waals surface area contributed by atoms with Crippen LogP contribution in [0.15, 0.2) is 41.2 Å². The van der Waals surface area contributed by atoms with E-state index in [-0.39, 0.29) is 11.5 Å². The van der Waals surface area contributed by atoms with E-state index in [0.29, 0.717) is 29.8 Å². The molecule has 0 aliphatic heterocycles. The van der Waals surface area contributed by atoms with Gasteiger partial charge in [-0.05, 0) is 49.4 Å². The molecule has 2 aromatic rings. The molecule has 2 rings (SSSR count). The second-order valence-electron chi connectivity index (χ2n) is 6.02. The fraction of sp³-hybridized carbons (Fsp3) is 0.300. The van der Waals surface area contributed by atoms with Crippen molar-refractivity contribution in [2.45, 2.75) is 39.5 Å². The molecule has 1 aromatic carbocycles. The van der Waals surface area contributed by atoms with E-state index in [0.717, 1.165) is 28.8 Å². The Morgan fingerprint density at radius 1 is 1.28 bits per heavy atom. The first-order valence-electron chi connectivity index (χ1n) is 8.40. The monoisotopic (exact) mass is 358 g/mol. The molecule has 0 aliphatic rings. The van der Waals surface area contributed by atoms with Crippen molar-refractivity contribution in [1.29, 1.82) is 0 Å². The first kappa shape index (κ1) is 19.0. The molecule has 0 unspecified atom stereocenters. The highest BCUT2D eigenvalue weighted by molar-refractivity contribution is 6.31. The Morgan fingerprint density at radius 2 is 2.04 bits per heavy atom. The van der Waals surface area contributed by atoms with Crippen LogP contribution in [-0.2, 0) is 11.2 Å². The molecule has 4 nitrogen and oxygen atoms in total. The van der Waals surface area contributed by atoms with E-state index in [2.05, 4.69) is 11.9 Å². The van der Waals surface area contributed by atoms with Crippen LogP contribution in [0.25, 0.3) is 5.57 Å². The number of pyridine rings is 1. The summed E-state index contributed by atoms with van der Waals surface area (Å²) in [6, 6.07) is 9.61. The van der Waals surface area contributed by atoms with E-state index in [1.165, 1.54) is 0 Å². The van der Waals surface area contributed by atoms with E-state index in [4.69, 9.17) is 17.3 Å². The minimum Gasteiger partial charge on any atom is -0.370 e. The summed E-state index contributed by atoms with van der Waals surface area (Å²) in [4.78, 5) is 25.8. The number of amides is 1. The topological polar surface area (TPSA) is 76.0 Å². The summed E-state index contributed by atoms with van der Waals surface area (Å²) in [5.74, 6) is -0.311. The van der Waals surface area contributed by atoms with Crippen molar-refractivity contribution in [2.24, 2.45) is 5.73 Å². The van der Waals surface area contributed by atoms with Gasteiger partial charge < -0.3 is 10.7 Å². The largest absolute Gasteiger partial charge is 0.370 e. The Bertz CT molecular complexity index is 853. The zero-order valence-corrected chi connectivity index (χ0v) is 15.3. The van der Waals surface area contributed by atoms with Crippen molar-refractivity contribution in [2.75, 3.05) is 0 Å². The number of unbranched alkanes of at least 4 members (excludes halogenated alkanes) is 1. The maximum absolute atomic E-state index is 12.0. The van der Waals surface area contributed by atoms with Crippen molar-refractivity contribution in [3.63, 3.8) is 0 Å². The minimum atomic E-state index is -0.311. The van der Waals surface area contributed by atoms with E-state index in [1.807, 2.05) is 30.3 Å². The molecule has 132 valence electrons. The second kappa shape index (κ2) is 8.67. The van der Waals surface area contributed by atoms with Crippen LogP contribution in [0.2, 0.25) is 5.02 Å².